The molecule has 0 aromatic heterocycles. The maximum atomic E-state index is 12.6. The number of para-hydroxylation sites is 1. The van der Waals surface area contributed by atoms with Gasteiger partial charge in [0.1, 0.15) is 0 Å². The second-order valence-corrected chi connectivity index (χ2v) is 8.25. The van der Waals surface area contributed by atoms with Gasteiger partial charge in [-0.05, 0) is 56.1 Å². The van der Waals surface area contributed by atoms with Crippen LogP contribution in [0.4, 0.5) is 5.69 Å². The number of amides is 2. The van der Waals surface area contributed by atoms with E-state index in [9.17, 15) is 9.59 Å². The van der Waals surface area contributed by atoms with Crippen LogP contribution in [0.3, 0.4) is 0 Å². The van der Waals surface area contributed by atoms with E-state index in [1.165, 1.54) is 19.3 Å². The predicted molar refractivity (Wildman–Crippen MR) is 102 cm³/mol. The molecule has 1 aromatic carbocycles. The summed E-state index contributed by atoms with van der Waals surface area (Å²) in [4.78, 5) is 26.9. The van der Waals surface area contributed by atoms with Crippen LogP contribution in [0.2, 0.25) is 0 Å². The molecule has 1 saturated heterocycles. The van der Waals surface area contributed by atoms with Crippen molar-refractivity contribution in [3.63, 3.8) is 0 Å². The quantitative estimate of drug-likeness (QED) is 0.854. The largest absolute Gasteiger partial charge is 0.353 e. The average Bonchev–Trinajstić information content (AvgIpc) is 3.27. The molecule has 140 valence electrons. The first-order valence-electron chi connectivity index (χ1n) is 10.0. The van der Waals surface area contributed by atoms with Crippen LogP contribution in [-0.4, -0.2) is 42.4 Å². The van der Waals surface area contributed by atoms with Gasteiger partial charge in [0.25, 0.3) is 0 Å². The van der Waals surface area contributed by atoms with Gasteiger partial charge >= 0.3 is 0 Å². The smallest absolute Gasteiger partial charge is 0.238 e. The summed E-state index contributed by atoms with van der Waals surface area (Å²) < 4.78 is 0. The van der Waals surface area contributed by atoms with Gasteiger partial charge in [-0.2, -0.15) is 0 Å². The van der Waals surface area contributed by atoms with Gasteiger partial charge in [0.05, 0.1) is 6.54 Å². The van der Waals surface area contributed by atoms with Crippen molar-refractivity contribution >= 4 is 17.5 Å². The summed E-state index contributed by atoms with van der Waals surface area (Å²) >= 11 is 0. The molecule has 2 N–H and O–H groups in total. The Labute approximate surface area is 155 Å². The lowest BCUT2D eigenvalue weighted by molar-refractivity contribution is -0.127. The fourth-order valence-electron chi connectivity index (χ4n) is 5.03. The van der Waals surface area contributed by atoms with Crippen molar-refractivity contribution in [2.75, 3.05) is 25.0 Å². The highest BCUT2D eigenvalue weighted by molar-refractivity contribution is 5.92. The van der Waals surface area contributed by atoms with Crippen molar-refractivity contribution < 1.29 is 9.59 Å². The van der Waals surface area contributed by atoms with E-state index in [2.05, 4.69) is 15.5 Å². The molecule has 2 aliphatic carbocycles. The molecule has 2 amide bonds. The van der Waals surface area contributed by atoms with Gasteiger partial charge in [-0.15, -0.1) is 0 Å². The van der Waals surface area contributed by atoms with Crippen LogP contribution in [0.5, 0.6) is 0 Å². The number of piperidine rings is 1. The molecule has 5 heteroatoms. The maximum absolute atomic E-state index is 12.6. The zero-order chi connectivity index (χ0) is 17.9. The highest BCUT2D eigenvalue weighted by atomic mass is 16.2. The van der Waals surface area contributed by atoms with E-state index in [4.69, 9.17) is 0 Å². The number of rotatable bonds is 5. The van der Waals surface area contributed by atoms with Crippen molar-refractivity contribution in [1.29, 1.82) is 0 Å². The van der Waals surface area contributed by atoms with Crippen LogP contribution < -0.4 is 10.6 Å². The van der Waals surface area contributed by atoms with Crippen LogP contribution in [0.1, 0.15) is 38.5 Å². The van der Waals surface area contributed by atoms with Crippen LogP contribution in [0.15, 0.2) is 30.3 Å². The molecule has 5 nitrogen and oxygen atoms in total. The minimum atomic E-state index is 0.0284. The summed E-state index contributed by atoms with van der Waals surface area (Å²) in [6, 6.07) is 9.84. The topological polar surface area (TPSA) is 61.4 Å². The Kier molecular flexibility index (Phi) is 5.25. The number of benzene rings is 1. The number of nitrogens with one attached hydrogen (secondary N) is 2. The minimum Gasteiger partial charge on any atom is -0.353 e. The van der Waals surface area contributed by atoms with E-state index in [1.54, 1.807) is 0 Å². The van der Waals surface area contributed by atoms with E-state index in [0.29, 0.717) is 12.5 Å². The number of fused-ring (bicyclic) bond motifs is 2. The van der Waals surface area contributed by atoms with Gasteiger partial charge in [-0.25, -0.2) is 0 Å². The third-order valence-electron chi connectivity index (χ3n) is 6.43. The van der Waals surface area contributed by atoms with Gasteiger partial charge in [-0.1, -0.05) is 24.6 Å². The molecule has 1 aromatic rings. The molecule has 2 saturated carbocycles. The van der Waals surface area contributed by atoms with Crippen LogP contribution in [-0.2, 0) is 9.59 Å². The molecule has 4 rings (SSSR count). The highest BCUT2D eigenvalue weighted by Gasteiger charge is 2.43. The molecular weight excluding hydrogens is 326 g/mol. The third kappa shape index (κ3) is 4.09. The standard InChI is InChI=1S/C21H29N3O2/c25-20(22-17-4-2-1-3-5-17)14-24-10-8-18(9-11-24)23-21(26)19-13-15-6-7-16(19)12-15/h1-5,15-16,18-19H,6-14H2,(H,22,25)(H,23,26). The zero-order valence-electron chi connectivity index (χ0n) is 15.3. The normalized spacial score (nSPS) is 28.8. The molecule has 1 aliphatic heterocycles. The van der Waals surface area contributed by atoms with Gasteiger partial charge in [0.15, 0.2) is 0 Å². The summed E-state index contributed by atoms with van der Waals surface area (Å²) in [5.41, 5.74) is 0.838. The summed E-state index contributed by atoms with van der Waals surface area (Å²) in [5.74, 6) is 2.03. The lowest BCUT2D eigenvalue weighted by Gasteiger charge is -2.33. The van der Waals surface area contributed by atoms with E-state index in [-0.39, 0.29) is 23.8 Å². The molecule has 3 fully saturated rings. The van der Waals surface area contributed by atoms with Gasteiger partial charge < -0.3 is 10.6 Å². The third-order valence-corrected chi connectivity index (χ3v) is 6.43. The first kappa shape index (κ1) is 17.5. The summed E-state index contributed by atoms with van der Waals surface area (Å²) in [5, 5.41) is 6.23. The lowest BCUT2D eigenvalue weighted by atomic mass is 9.87. The molecule has 0 radical (unpaired) electrons. The van der Waals surface area contributed by atoms with Crippen LogP contribution in [0.25, 0.3) is 0 Å². The van der Waals surface area contributed by atoms with E-state index in [1.807, 2.05) is 30.3 Å². The number of carbonyl (C=O) groups excluding carboxylic acids is 2. The predicted octanol–water partition coefficient (Wildman–Crippen LogP) is 2.64. The number of nitrogens with zero attached hydrogens (tertiary/aromatic N) is 1. The Morgan fingerprint density at radius 3 is 2.42 bits per heavy atom. The number of carbonyl (C=O) groups is 2. The van der Waals surface area contributed by atoms with Gasteiger partial charge in [0, 0.05) is 30.7 Å². The maximum Gasteiger partial charge on any atom is 0.238 e. The van der Waals surface area contributed by atoms with Gasteiger partial charge in [-0.3, -0.25) is 14.5 Å². The molecular formula is C21H29N3O2. The summed E-state index contributed by atoms with van der Waals surface area (Å²) in [7, 11) is 0. The Bertz CT molecular complexity index is 640. The fourth-order valence-corrected chi connectivity index (χ4v) is 5.03. The van der Waals surface area contributed by atoms with Crippen LogP contribution >= 0.6 is 0 Å². The SMILES string of the molecule is O=C(CN1CCC(NC(=O)C2CC3CCC2C3)CC1)Nc1ccccc1. The first-order valence-corrected chi connectivity index (χ1v) is 10.0. The number of hydrogen-bond acceptors (Lipinski definition) is 3. The Morgan fingerprint density at radius 2 is 1.77 bits per heavy atom. The molecule has 0 spiro atoms. The number of likely N-dealkylation sites (tertiary alicyclic amines) is 1. The second-order valence-electron chi connectivity index (χ2n) is 8.25. The van der Waals surface area contributed by atoms with E-state index >= 15 is 0 Å². The molecule has 1 heterocycles. The number of anilines is 1. The molecule has 3 aliphatic rings. The van der Waals surface area contributed by atoms with E-state index in [0.717, 1.165) is 44.0 Å². The zero-order valence-corrected chi connectivity index (χ0v) is 15.3. The minimum absolute atomic E-state index is 0.0284. The van der Waals surface area contributed by atoms with Gasteiger partial charge in [0.2, 0.25) is 11.8 Å². The van der Waals surface area contributed by atoms with Crippen molar-refractivity contribution in [1.82, 2.24) is 10.2 Å². The van der Waals surface area contributed by atoms with Crippen molar-refractivity contribution in [3.05, 3.63) is 30.3 Å². The van der Waals surface area contributed by atoms with E-state index < -0.39 is 0 Å². The molecule has 3 unspecified atom stereocenters. The Morgan fingerprint density at radius 1 is 1.00 bits per heavy atom. The van der Waals surface area contributed by atoms with Crippen molar-refractivity contribution in [2.45, 2.75) is 44.6 Å². The molecule has 26 heavy (non-hydrogen) atoms. The van der Waals surface area contributed by atoms with Crippen LogP contribution in [0, 0.1) is 17.8 Å². The van der Waals surface area contributed by atoms with Crippen molar-refractivity contribution in [3.8, 4) is 0 Å². The first-order chi connectivity index (χ1) is 12.7. The Balaban J connectivity index is 1.18. The average molecular weight is 355 g/mol. The number of hydrogen-bond donors (Lipinski definition) is 2. The molecule has 3 atom stereocenters. The summed E-state index contributed by atoms with van der Waals surface area (Å²) in [6.45, 7) is 2.15. The monoisotopic (exact) mass is 355 g/mol. The van der Waals surface area contributed by atoms with Crippen molar-refractivity contribution in [2.24, 2.45) is 17.8 Å². The summed E-state index contributed by atoms with van der Waals surface area (Å²) in [6.07, 6.45) is 6.83. The lowest BCUT2D eigenvalue weighted by Crippen LogP contribution is -2.48. The second kappa shape index (κ2) is 7.78. The highest BCUT2D eigenvalue weighted by Crippen LogP contribution is 2.48. The fraction of sp³-hybridized carbons (Fsp3) is 0.619. The molecule has 2 bridgehead atoms. The Hall–Kier alpha value is -1.88.